The van der Waals surface area contributed by atoms with E-state index in [9.17, 15) is 4.79 Å². The van der Waals surface area contributed by atoms with Crippen molar-refractivity contribution < 1.29 is 24.5 Å². The first kappa shape index (κ1) is 15.2. The largest absolute Gasteiger partial charge is 0.508 e. The predicted molar refractivity (Wildman–Crippen MR) is 51.9 cm³/mol. The van der Waals surface area contributed by atoms with E-state index in [1.54, 1.807) is 0 Å². The van der Waals surface area contributed by atoms with E-state index in [4.69, 9.17) is 10.2 Å². The second-order valence-electron chi connectivity index (χ2n) is 1.90. The lowest BCUT2D eigenvalue weighted by atomic mass is 10.7. The molecule has 2 N–H and O–H groups in total. The van der Waals surface area contributed by atoms with Crippen molar-refractivity contribution in [2.24, 2.45) is 0 Å². The van der Waals surface area contributed by atoms with Gasteiger partial charge < -0.3 is 19.7 Å². The molecule has 0 aromatic rings. The fourth-order valence-corrected chi connectivity index (χ4v) is 0.296. The van der Waals surface area contributed by atoms with Gasteiger partial charge in [-0.2, -0.15) is 0 Å². The van der Waals surface area contributed by atoms with Gasteiger partial charge in [0.1, 0.15) is 13.2 Å². The third-order valence-corrected chi connectivity index (χ3v) is 0.738. The van der Waals surface area contributed by atoms with Gasteiger partial charge in [-0.15, -0.1) is 0 Å². The minimum absolute atomic E-state index is 0.125. The Kier molecular flexibility index (Phi) is 15.4. The van der Waals surface area contributed by atoms with E-state index in [1.165, 1.54) is 12.2 Å². The first-order valence-corrected chi connectivity index (χ1v) is 3.96. The predicted octanol–water partition coefficient (Wildman–Crippen LogP) is 0.483. The van der Waals surface area contributed by atoms with Gasteiger partial charge in [-0.3, -0.25) is 0 Å². The van der Waals surface area contributed by atoms with Crippen molar-refractivity contribution in [1.29, 1.82) is 0 Å². The lowest BCUT2D eigenvalue weighted by molar-refractivity contribution is 0.0718. The molecular weight excluding hydrogens is 188 g/mol. The molecule has 14 heavy (non-hydrogen) atoms. The molecule has 5 nitrogen and oxygen atoms in total. The third kappa shape index (κ3) is 17.0. The molecule has 0 aliphatic rings. The maximum absolute atomic E-state index is 10.4. The zero-order valence-corrected chi connectivity index (χ0v) is 8.02. The van der Waals surface area contributed by atoms with Gasteiger partial charge >= 0.3 is 6.16 Å². The zero-order valence-electron chi connectivity index (χ0n) is 8.02. The second kappa shape index (κ2) is 14.2. The Balaban J connectivity index is 0. The molecule has 0 rings (SSSR count). The van der Waals surface area contributed by atoms with Crippen LogP contribution < -0.4 is 0 Å². The topological polar surface area (TPSA) is 76.0 Å². The number of aliphatic hydroxyl groups excluding tert-OH is 2. The third-order valence-electron chi connectivity index (χ3n) is 0.738. The summed E-state index contributed by atoms with van der Waals surface area (Å²) in [5.74, 6) is 0. The number of carbonyl (C=O) groups is 1. The molecule has 0 aliphatic carbocycles. The molecular formula is C9H16O5. The molecule has 0 radical (unpaired) electrons. The number of hydrogen-bond acceptors (Lipinski definition) is 5. The molecule has 0 aromatic heterocycles. The zero-order chi connectivity index (χ0) is 11.2. The van der Waals surface area contributed by atoms with Crippen LogP contribution in [0.5, 0.6) is 0 Å². The van der Waals surface area contributed by atoms with Crippen molar-refractivity contribution in [3.8, 4) is 0 Å². The van der Waals surface area contributed by atoms with Crippen molar-refractivity contribution in [3.63, 3.8) is 0 Å². The average Bonchev–Trinajstić information content (AvgIpc) is 2.23. The summed E-state index contributed by atoms with van der Waals surface area (Å²) in [6, 6.07) is 0. The van der Waals surface area contributed by atoms with Crippen LogP contribution in [-0.4, -0.2) is 42.8 Å². The van der Waals surface area contributed by atoms with Crippen molar-refractivity contribution in [1.82, 2.24) is 0 Å². The highest BCUT2D eigenvalue weighted by Crippen LogP contribution is 1.84. The second-order valence-corrected chi connectivity index (χ2v) is 1.90. The van der Waals surface area contributed by atoms with Crippen LogP contribution >= 0.6 is 0 Å². The van der Waals surface area contributed by atoms with E-state index in [1.807, 2.05) is 0 Å². The Morgan fingerprint density at radius 2 is 1.43 bits per heavy atom. The SMILES string of the molecule is C=CCOC(=O)OCC=C.OCCO. The van der Waals surface area contributed by atoms with Crippen LogP contribution in [0.15, 0.2) is 25.3 Å². The van der Waals surface area contributed by atoms with Crippen molar-refractivity contribution >= 4 is 6.16 Å². The van der Waals surface area contributed by atoms with Gasteiger partial charge in [-0.05, 0) is 0 Å². The molecule has 0 fully saturated rings. The lowest BCUT2D eigenvalue weighted by Crippen LogP contribution is -2.06. The minimum atomic E-state index is -0.695. The summed E-state index contributed by atoms with van der Waals surface area (Å²) in [6.45, 7) is 6.82. The van der Waals surface area contributed by atoms with Gasteiger partial charge in [0.25, 0.3) is 0 Å². The first-order chi connectivity index (χ1) is 6.72. The summed E-state index contributed by atoms with van der Waals surface area (Å²) in [5, 5.41) is 15.2. The van der Waals surface area contributed by atoms with Gasteiger partial charge in [0.15, 0.2) is 0 Å². The van der Waals surface area contributed by atoms with Crippen molar-refractivity contribution in [3.05, 3.63) is 25.3 Å². The van der Waals surface area contributed by atoms with Crippen LogP contribution in [0.4, 0.5) is 4.79 Å². The van der Waals surface area contributed by atoms with Gasteiger partial charge in [-0.1, -0.05) is 25.3 Å². The van der Waals surface area contributed by atoms with E-state index < -0.39 is 6.16 Å². The molecule has 0 amide bonds. The Bertz CT molecular complexity index is 139. The van der Waals surface area contributed by atoms with Gasteiger partial charge in [0.05, 0.1) is 13.2 Å². The molecule has 0 aliphatic heterocycles. The summed E-state index contributed by atoms with van der Waals surface area (Å²) >= 11 is 0. The summed E-state index contributed by atoms with van der Waals surface area (Å²) in [7, 11) is 0. The van der Waals surface area contributed by atoms with Gasteiger partial charge in [0.2, 0.25) is 0 Å². The van der Waals surface area contributed by atoms with E-state index in [2.05, 4.69) is 22.6 Å². The van der Waals surface area contributed by atoms with Crippen LogP contribution in [0.3, 0.4) is 0 Å². The minimum Gasteiger partial charge on any atom is -0.430 e. The highest BCUT2D eigenvalue weighted by Gasteiger charge is 1.97. The normalized spacial score (nSPS) is 7.86. The molecule has 0 saturated heterocycles. The average molecular weight is 204 g/mol. The highest BCUT2D eigenvalue weighted by molar-refractivity contribution is 5.60. The lowest BCUT2D eigenvalue weighted by Gasteiger charge is -1.99. The number of hydrogen-bond donors (Lipinski definition) is 2. The maximum Gasteiger partial charge on any atom is 0.508 e. The van der Waals surface area contributed by atoms with E-state index in [0.29, 0.717) is 0 Å². The highest BCUT2D eigenvalue weighted by atomic mass is 16.7. The maximum atomic E-state index is 10.4. The molecule has 5 heteroatoms. The van der Waals surface area contributed by atoms with Crippen LogP contribution in [-0.2, 0) is 9.47 Å². The monoisotopic (exact) mass is 204 g/mol. The smallest absolute Gasteiger partial charge is 0.430 e. The quantitative estimate of drug-likeness (QED) is 0.503. The molecule has 0 heterocycles. The Morgan fingerprint density at radius 1 is 1.07 bits per heavy atom. The molecule has 0 unspecified atom stereocenters. The number of carbonyl (C=O) groups excluding carboxylic acids is 1. The Hall–Kier alpha value is -1.33. The van der Waals surface area contributed by atoms with Crippen LogP contribution in [0.1, 0.15) is 0 Å². The molecule has 0 saturated carbocycles. The van der Waals surface area contributed by atoms with Crippen molar-refractivity contribution in [2.75, 3.05) is 26.4 Å². The van der Waals surface area contributed by atoms with Crippen molar-refractivity contribution in [2.45, 2.75) is 0 Å². The van der Waals surface area contributed by atoms with Crippen LogP contribution in [0, 0.1) is 0 Å². The first-order valence-electron chi connectivity index (χ1n) is 3.96. The fraction of sp³-hybridized carbons (Fsp3) is 0.444. The molecule has 0 bridgehead atoms. The fourth-order valence-electron chi connectivity index (χ4n) is 0.296. The molecule has 0 spiro atoms. The Morgan fingerprint density at radius 3 is 1.64 bits per heavy atom. The van der Waals surface area contributed by atoms with E-state index in [-0.39, 0.29) is 26.4 Å². The molecule has 0 atom stereocenters. The van der Waals surface area contributed by atoms with E-state index >= 15 is 0 Å². The summed E-state index contributed by atoms with van der Waals surface area (Å²) in [5.41, 5.74) is 0. The van der Waals surface area contributed by atoms with E-state index in [0.717, 1.165) is 0 Å². The summed E-state index contributed by atoms with van der Waals surface area (Å²) in [6.07, 6.45) is 2.24. The van der Waals surface area contributed by atoms with Gasteiger partial charge in [0, 0.05) is 0 Å². The summed E-state index contributed by atoms with van der Waals surface area (Å²) < 4.78 is 8.93. The summed E-state index contributed by atoms with van der Waals surface area (Å²) in [4.78, 5) is 10.4. The van der Waals surface area contributed by atoms with Crippen LogP contribution in [0.25, 0.3) is 0 Å². The number of rotatable bonds is 5. The molecule has 82 valence electrons. The standard InChI is InChI=1S/C7H10O3.C2H6O2/c1-3-5-9-7(8)10-6-4-2;3-1-2-4/h3-4H,1-2,5-6H2;3-4H,1-2H2. The van der Waals surface area contributed by atoms with Crippen LogP contribution in [0.2, 0.25) is 0 Å². The molecule has 0 aromatic carbocycles. The Labute approximate surface area is 83.3 Å². The van der Waals surface area contributed by atoms with Gasteiger partial charge in [-0.25, -0.2) is 4.79 Å². The number of ether oxygens (including phenoxy) is 2. The number of aliphatic hydroxyl groups is 2.